The largest absolute Gasteiger partial charge is 0.482 e. The summed E-state index contributed by atoms with van der Waals surface area (Å²) >= 11 is 5.84. The van der Waals surface area contributed by atoms with E-state index in [4.69, 9.17) is 21.1 Å². The van der Waals surface area contributed by atoms with E-state index in [9.17, 15) is 9.59 Å². The van der Waals surface area contributed by atoms with Crippen molar-refractivity contribution in [3.63, 3.8) is 0 Å². The van der Waals surface area contributed by atoms with Crippen molar-refractivity contribution in [3.05, 3.63) is 94.5 Å². The van der Waals surface area contributed by atoms with Crippen molar-refractivity contribution < 1.29 is 19.1 Å². The number of halogens is 1. The van der Waals surface area contributed by atoms with Gasteiger partial charge in [0.25, 0.3) is 5.91 Å². The number of hydrogen-bond donors (Lipinski definition) is 1. The summed E-state index contributed by atoms with van der Waals surface area (Å²) < 4.78 is 10.9. The van der Waals surface area contributed by atoms with Crippen LogP contribution < -0.4 is 10.1 Å². The highest BCUT2D eigenvalue weighted by Gasteiger charge is 2.25. The van der Waals surface area contributed by atoms with Gasteiger partial charge >= 0.3 is 5.97 Å². The molecule has 1 amide bonds. The Bertz CT molecular complexity index is 999. The molecule has 6 heteroatoms. The number of benzene rings is 3. The monoisotopic (exact) mass is 423 g/mol. The first-order valence-electron chi connectivity index (χ1n) is 9.42. The summed E-state index contributed by atoms with van der Waals surface area (Å²) in [6.45, 7) is 3.57. The summed E-state index contributed by atoms with van der Waals surface area (Å²) in [5, 5.41) is 3.40. The molecular formula is C24H22ClNO4. The average Bonchev–Trinajstić information content (AvgIpc) is 2.71. The quantitative estimate of drug-likeness (QED) is 0.526. The predicted octanol–water partition coefficient (Wildman–Crippen LogP) is 5.26. The first-order valence-corrected chi connectivity index (χ1v) is 9.80. The number of carbonyl (C=O) groups is 2. The summed E-state index contributed by atoms with van der Waals surface area (Å²) in [4.78, 5) is 25.3. The Balaban J connectivity index is 1.71. The molecule has 1 atom stereocenters. The Labute approximate surface area is 180 Å². The normalized spacial score (nSPS) is 11.4. The van der Waals surface area contributed by atoms with Crippen LogP contribution in [0.1, 0.15) is 22.8 Å². The molecule has 1 N–H and O–H groups in total. The molecule has 3 rings (SSSR count). The molecule has 0 aliphatic heterocycles. The summed E-state index contributed by atoms with van der Waals surface area (Å²) in [5.74, 6) is -0.618. The van der Waals surface area contributed by atoms with Crippen LogP contribution in [0.4, 0.5) is 5.69 Å². The summed E-state index contributed by atoms with van der Waals surface area (Å²) in [6, 6.07) is 21.2. The molecule has 0 fully saturated rings. The third-order valence-electron chi connectivity index (χ3n) is 4.25. The van der Waals surface area contributed by atoms with Gasteiger partial charge in [-0.05, 0) is 61.4 Å². The van der Waals surface area contributed by atoms with Gasteiger partial charge in [-0.15, -0.1) is 0 Å². The Morgan fingerprint density at radius 3 is 2.20 bits per heavy atom. The van der Waals surface area contributed by atoms with E-state index in [1.807, 2.05) is 38.1 Å². The van der Waals surface area contributed by atoms with Crippen LogP contribution in [-0.2, 0) is 14.3 Å². The Kier molecular flexibility index (Phi) is 7.09. The Hall–Kier alpha value is -3.31. The second-order valence-corrected chi connectivity index (χ2v) is 7.33. The van der Waals surface area contributed by atoms with E-state index in [0.29, 0.717) is 22.0 Å². The minimum atomic E-state index is -1.10. The highest BCUT2D eigenvalue weighted by Crippen LogP contribution is 2.22. The molecule has 0 radical (unpaired) electrons. The van der Waals surface area contributed by atoms with E-state index in [1.54, 1.807) is 48.5 Å². The molecule has 0 saturated heterocycles. The molecule has 0 aliphatic rings. The zero-order valence-corrected chi connectivity index (χ0v) is 17.5. The highest BCUT2D eigenvalue weighted by atomic mass is 35.5. The van der Waals surface area contributed by atoms with Gasteiger partial charge in [-0.2, -0.15) is 0 Å². The smallest absolute Gasteiger partial charge is 0.345 e. The lowest BCUT2D eigenvalue weighted by molar-refractivity contribution is -0.156. The minimum absolute atomic E-state index is 0.332. The third-order valence-corrected chi connectivity index (χ3v) is 4.50. The molecule has 0 saturated carbocycles. The average molecular weight is 424 g/mol. The molecule has 1 unspecified atom stereocenters. The topological polar surface area (TPSA) is 64.6 Å². The van der Waals surface area contributed by atoms with Crippen LogP contribution in [0.25, 0.3) is 0 Å². The maximum absolute atomic E-state index is 12.9. The molecule has 0 aromatic heterocycles. The lowest BCUT2D eigenvalue weighted by Crippen LogP contribution is -2.28. The van der Waals surface area contributed by atoms with Gasteiger partial charge in [0.05, 0.1) is 0 Å². The van der Waals surface area contributed by atoms with Gasteiger partial charge in [-0.3, -0.25) is 4.79 Å². The zero-order chi connectivity index (χ0) is 21.5. The molecule has 3 aromatic carbocycles. The summed E-state index contributed by atoms with van der Waals surface area (Å²) in [7, 11) is 0. The maximum Gasteiger partial charge on any atom is 0.345 e. The lowest BCUT2D eigenvalue weighted by Gasteiger charge is -2.18. The fourth-order valence-corrected chi connectivity index (χ4v) is 3.12. The van der Waals surface area contributed by atoms with Crippen LogP contribution in [0, 0.1) is 13.8 Å². The van der Waals surface area contributed by atoms with Crippen LogP contribution in [-0.4, -0.2) is 18.5 Å². The van der Waals surface area contributed by atoms with E-state index < -0.39 is 18.0 Å². The fraction of sp³-hybridized carbons (Fsp3) is 0.167. The molecular weight excluding hydrogens is 402 g/mol. The second kappa shape index (κ2) is 9.94. The molecule has 0 spiro atoms. The van der Waals surface area contributed by atoms with E-state index in [0.717, 1.165) is 11.1 Å². The van der Waals surface area contributed by atoms with E-state index in [-0.39, 0.29) is 6.61 Å². The van der Waals surface area contributed by atoms with Gasteiger partial charge < -0.3 is 14.8 Å². The minimum Gasteiger partial charge on any atom is -0.482 e. The standard InChI is InChI=1S/C24H22ClNO4/c1-16-12-17(2)14-20(13-16)26-24(28)23(18-6-4-3-5-7-18)30-22(27)15-29-21-10-8-19(25)9-11-21/h3-14,23H,15H2,1-2H3,(H,26,28). The van der Waals surface area contributed by atoms with E-state index >= 15 is 0 Å². The molecule has 154 valence electrons. The van der Waals surface area contributed by atoms with Crippen LogP contribution in [0.15, 0.2) is 72.8 Å². The van der Waals surface area contributed by atoms with Crippen molar-refractivity contribution in [3.8, 4) is 5.75 Å². The van der Waals surface area contributed by atoms with Crippen LogP contribution in [0.2, 0.25) is 5.02 Å². The fourth-order valence-electron chi connectivity index (χ4n) is 2.99. The van der Waals surface area contributed by atoms with Crippen LogP contribution >= 0.6 is 11.6 Å². The Morgan fingerprint density at radius 2 is 1.57 bits per heavy atom. The first kappa shape index (κ1) is 21.4. The number of amides is 1. The third kappa shape index (κ3) is 6.09. The van der Waals surface area contributed by atoms with Crippen molar-refractivity contribution in [2.24, 2.45) is 0 Å². The zero-order valence-electron chi connectivity index (χ0n) is 16.7. The number of aryl methyl sites for hydroxylation is 2. The molecule has 5 nitrogen and oxygen atoms in total. The first-order chi connectivity index (χ1) is 14.4. The number of carbonyl (C=O) groups excluding carboxylic acids is 2. The maximum atomic E-state index is 12.9. The number of nitrogens with one attached hydrogen (secondary N) is 1. The molecule has 30 heavy (non-hydrogen) atoms. The number of ether oxygens (including phenoxy) is 2. The number of hydrogen-bond acceptors (Lipinski definition) is 4. The lowest BCUT2D eigenvalue weighted by atomic mass is 10.1. The molecule has 0 aliphatic carbocycles. The van der Waals surface area contributed by atoms with E-state index in [2.05, 4.69) is 5.32 Å². The number of esters is 1. The van der Waals surface area contributed by atoms with Gasteiger partial charge in [0.1, 0.15) is 5.75 Å². The Morgan fingerprint density at radius 1 is 0.933 bits per heavy atom. The summed E-state index contributed by atoms with van der Waals surface area (Å²) in [6.07, 6.45) is -1.10. The van der Waals surface area contributed by atoms with Crippen LogP contribution in [0.5, 0.6) is 5.75 Å². The molecule has 0 bridgehead atoms. The van der Waals surface area contributed by atoms with Gasteiger partial charge in [0.15, 0.2) is 6.61 Å². The van der Waals surface area contributed by atoms with Gasteiger partial charge in [-0.1, -0.05) is 48.0 Å². The summed E-state index contributed by atoms with van der Waals surface area (Å²) in [5.41, 5.74) is 3.26. The van der Waals surface area contributed by atoms with Gasteiger partial charge in [-0.25, -0.2) is 4.79 Å². The van der Waals surface area contributed by atoms with Crippen molar-refractivity contribution >= 4 is 29.2 Å². The predicted molar refractivity (Wildman–Crippen MR) is 117 cm³/mol. The van der Waals surface area contributed by atoms with Crippen molar-refractivity contribution in [2.45, 2.75) is 20.0 Å². The van der Waals surface area contributed by atoms with Crippen molar-refractivity contribution in [1.29, 1.82) is 0 Å². The van der Waals surface area contributed by atoms with E-state index in [1.165, 1.54) is 0 Å². The highest BCUT2D eigenvalue weighted by molar-refractivity contribution is 6.30. The van der Waals surface area contributed by atoms with Gasteiger partial charge in [0.2, 0.25) is 6.10 Å². The van der Waals surface area contributed by atoms with Crippen LogP contribution in [0.3, 0.4) is 0 Å². The molecule has 3 aromatic rings. The SMILES string of the molecule is Cc1cc(C)cc(NC(=O)C(OC(=O)COc2ccc(Cl)cc2)c2ccccc2)c1. The van der Waals surface area contributed by atoms with Gasteiger partial charge in [0, 0.05) is 16.3 Å². The molecule has 0 heterocycles. The van der Waals surface area contributed by atoms with Crippen molar-refractivity contribution in [2.75, 3.05) is 11.9 Å². The second-order valence-electron chi connectivity index (χ2n) is 6.89. The number of anilines is 1. The van der Waals surface area contributed by atoms with Crippen molar-refractivity contribution in [1.82, 2.24) is 0 Å². The number of rotatable bonds is 7.